The molecule has 2 aliphatic rings. The van der Waals surface area contributed by atoms with E-state index in [-0.39, 0.29) is 17.8 Å². The fourth-order valence-electron chi connectivity index (χ4n) is 3.41. The minimum Gasteiger partial charge on any atom is -0.464 e. The second-order valence-electron chi connectivity index (χ2n) is 6.45. The summed E-state index contributed by atoms with van der Waals surface area (Å²) >= 11 is 0. The summed E-state index contributed by atoms with van der Waals surface area (Å²) < 4.78 is 4.90. The Morgan fingerprint density at radius 2 is 2.05 bits per heavy atom. The Balaban J connectivity index is 2.00. The van der Waals surface area contributed by atoms with Crippen LogP contribution in [0.2, 0.25) is 0 Å². The van der Waals surface area contributed by atoms with E-state index in [9.17, 15) is 9.59 Å². The van der Waals surface area contributed by atoms with Crippen LogP contribution < -0.4 is 5.32 Å². The van der Waals surface area contributed by atoms with E-state index in [0.717, 1.165) is 12.8 Å². The van der Waals surface area contributed by atoms with Crippen molar-refractivity contribution in [2.45, 2.75) is 52.5 Å². The number of nitrogens with one attached hydrogen (secondary N) is 1. The van der Waals surface area contributed by atoms with E-state index >= 15 is 0 Å². The number of ether oxygens (including phenoxy) is 1. The lowest BCUT2D eigenvalue weighted by Gasteiger charge is -2.36. The molecule has 1 aliphatic heterocycles. The summed E-state index contributed by atoms with van der Waals surface area (Å²) in [5.41, 5.74) is 0. The van der Waals surface area contributed by atoms with Gasteiger partial charge in [-0.3, -0.25) is 4.79 Å². The molecule has 0 radical (unpaired) electrons. The number of hydrogen-bond donors (Lipinski definition) is 1. The Morgan fingerprint density at radius 1 is 1.32 bits per heavy atom. The largest absolute Gasteiger partial charge is 0.464 e. The first-order valence-corrected chi connectivity index (χ1v) is 7.46. The molecule has 4 atom stereocenters. The van der Waals surface area contributed by atoms with E-state index < -0.39 is 6.04 Å². The fourth-order valence-corrected chi connectivity index (χ4v) is 3.41. The third-order valence-corrected chi connectivity index (χ3v) is 4.61. The summed E-state index contributed by atoms with van der Waals surface area (Å²) in [6, 6.07) is -0.419. The van der Waals surface area contributed by atoms with Crippen LogP contribution in [0, 0.1) is 23.7 Å². The van der Waals surface area contributed by atoms with Gasteiger partial charge in [-0.15, -0.1) is 0 Å². The molecule has 0 aromatic heterocycles. The van der Waals surface area contributed by atoms with Crippen LogP contribution in [-0.4, -0.2) is 24.5 Å². The number of cyclic esters (lactones) is 1. The summed E-state index contributed by atoms with van der Waals surface area (Å²) in [7, 11) is 0. The zero-order valence-corrected chi connectivity index (χ0v) is 12.1. The first kappa shape index (κ1) is 14.4. The minimum absolute atomic E-state index is 0.0501. The second kappa shape index (κ2) is 5.93. The second-order valence-corrected chi connectivity index (χ2v) is 6.45. The lowest BCUT2D eigenvalue weighted by molar-refractivity contribution is -0.142. The molecule has 1 saturated heterocycles. The predicted molar refractivity (Wildman–Crippen MR) is 72.3 cm³/mol. The Kier molecular flexibility index (Phi) is 4.48. The van der Waals surface area contributed by atoms with Crippen molar-refractivity contribution in [2.75, 3.05) is 6.61 Å². The number of amides is 1. The Morgan fingerprint density at radius 3 is 2.63 bits per heavy atom. The maximum absolute atomic E-state index is 12.4. The van der Waals surface area contributed by atoms with Gasteiger partial charge < -0.3 is 10.1 Å². The van der Waals surface area contributed by atoms with Crippen molar-refractivity contribution < 1.29 is 14.3 Å². The average molecular weight is 267 g/mol. The van der Waals surface area contributed by atoms with Gasteiger partial charge in [-0.1, -0.05) is 27.2 Å². The van der Waals surface area contributed by atoms with E-state index in [1.165, 1.54) is 6.42 Å². The Bertz CT molecular complexity index is 353. The van der Waals surface area contributed by atoms with Crippen molar-refractivity contribution in [1.29, 1.82) is 0 Å². The number of carbonyl (C=O) groups excluding carboxylic acids is 2. The lowest BCUT2D eigenvalue weighted by atomic mass is 9.69. The number of hydrogen-bond acceptors (Lipinski definition) is 3. The van der Waals surface area contributed by atoms with Crippen molar-refractivity contribution in [2.24, 2.45) is 23.7 Å². The van der Waals surface area contributed by atoms with E-state index in [1.54, 1.807) is 0 Å². The highest BCUT2D eigenvalue weighted by atomic mass is 16.5. The third-order valence-electron chi connectivity index (χ3n) is 4.61. The molecular formula is C15H25NO3. The van der Waals surface area contributed by atoms with Crippen molar-refractivity contribution in [3.8, 4) is 0 Å². The van der Waals surface area contributed by atoms with Crippen molar-refractivity contribution >= 4 is 11.9 Å². The SMILES string of the molecule is CC(C)[C@@H]1CC[C@@H](C)C[C@H]1C(=O)NC1CCOC1=O. The van der Waals surface area contributed by atoms with Crippen molar-refractivity contribution in [1.82, 2.24) is 5.32 Å². The smallest absolute Gasteiger partial charge is 0.328 e. The topological polar surface area (TPSA) is 55.4 Å². The maximum atomic E-state index is 12.4. The molecule has 1 amide bonds. The first-order valence-electron chi connectivity index (χ1n) is 7.46. The average Bonchev–Trinajstić information content (AvgIpc) is 2.74. The Labute approximate surface area is 115 Å². The first-order chi connectivity index (χ1) is 8.99. The van der Waals surface area contributed by atoms with Gasteiger partial charge in [0.15, 0.2) is 0 Å². The van der Waals surface area contributed by atoms with Gasteiger partial charge in [0, 0.05) is 12.3 Å². The predicted octanol–water partition coefficient (Wildman–Crippen LogP) is 2.13. The van der Waals surface area contributed by atoms with Crippen LogP contribution in [0.15, 0.2) is 0 Å². The molecule has 4 heteroatoms. The van der Waals surface area contributed by atoms with E-state index in [0.29, 0.717) is 30.8 Å². The highest BCUT2D eigenvalue weighted by Gasteiger charge is 2.37. The van der Waals surface area contributed by atoms with Gasteiger partial charge in [0.1, 0.15) is 6.04 Å². The third kappa shape index (κ3) is 3.28. The van der Waals surface area contributed by atoms with Crippen LogP contribution in [0.3, 0.4) is 0 Å². The molecular weight excluding hydrogens is 242 g/mol. The summed E-state index contributed by atoms with van der Waals surface area (Å²) in [5, 5.41) is 2.89. The molecule has 2 rings (SSSR count). The number of carbonyl (C=O) groups is 2. The molecule has 0 aromatic rings. The van der Waals surface area contributed by atoms with E-state index in [4.69, 9.17) is 4.74 Å². The van der Waals surface area contributed by atoms with E-state index in [1.807, 2.05) is 0 Å². The van der Waals surface area contributed by atoms with Crippen LogP contribution in [0.1, 0.15) is 46.5 Å². The van der Waals surface area contributed by atoms with Crippen molar-refractivity contribution in [3.63, 3.8) is 0 Å². The molecule has 1 heterocycles. The van der Waals surface area contributed by atoms with Crippen LogP contribution in [-0.2, 0) is 14.3 Å². The molecule has 1 saturated carbocycles. The van der Waals surface area contributed by atoms with Gasteiger partial charge in [-0.2, -0.15) is 0 Å². The molecule has 19 heavy (non-hydrogen) atoms. The zero-order chi connectivity index (χ0) is 14.0. The molecule has 0 spiro atoms. The summed E-state index contributed by atoms with van der Waals surface area (Å²) in [4.78, 5) is 23.9. The highest BCUT2D eigenvalue weighted by molar-refractivity contribution is 5.86. The van der Waals surface area contributed by atoms with Gasteiger partial charge in [0.2, 0.25) is 5.91 Å². The molecule has 1 N–H and O–H groups in total. The van der Waals surface area contributed by atoms with Gasteiger partial charge in [0.05, 0.1) is 6.61 Å². The molecule has 108 valence electrons. The monoisotopic (exact) mass is 267 g/mol. The molecule has 1 unspecified atom stereocenters. The quantitative estimate of drug-likeness (QED) is 0.797. The molecule has 1 aliphatic carbocycles. The minimum atomic E-state index is -0.419. The van der Waals surface area contributed by atoms with Crippen LogP contribution >= 0.6 is 0 Å². The molecule has 0 bridgehead atoms. The summed E-state index contributed by atoms with van der Waals surface area (Å²) in [6.07, 6.45) is 3.87. The summed E-state index contributed by atoms with van der Waals surface area (Å²) in [6.45, 7) is 7.01. The van der Waals surface area contributed by atoms with Gasteiger partial charge in [-0.25, -0.2) is 4.79 Å². The zero-order valence-electron chi connectivity index (χ0n) is 12.1. The van der Waals surface area contributed by atoms with Crippen LogP contribution in [0.4, 0.5) is 0 Å². The van der Waals surface area contributed by atoms with Gasteiger partial charge in [0.25, 0.3) is 0 Å². The lowest BCUT2D eigenvalue weighted by Crippen LogP contribution is -2.45. The molecule has 2 fully saturated rings. The number of rotatable bonds is 3. The molecule has 0 aromatic carbocycles. The van der Waals surface area contributed by atoms with Crippen LogP contribution in [0.5, 0.6) is 0 Å². The Hall–Kier alpha value is -1.06. The fraction of sp³-hybridized carbons (Fsp3) is 0.867. The van der Waals surface area contributed by atoms with Crippen LogP contribution in [0.25, 0.3) is 0 Å². The highest BCUT2D eigenvalue weighted by Crippen LogP contribution is 2.38. The number of esters is 1. The summed E-state index contributed by atoms with van der Waals surface area (Å²) in [5.74, 6) is 1.37. The molecule has 4 nitrogen and oxygen atoms in total. The maximum Gasteiger partial charge on any atom is 0.328 e. The van der Waals surface area contributed by atoms with E-state index in [2.05, 4.69) is 26.1 Å². The van der Waals surface area contributed by atoms with Gasteiger partial charge in [-0.05, 0) is 30.6 Å². The van der Waals surface area contributed by atoms with Gasteiger partial charge >= 0.3 is 5.97 Å². The normalized spacial score (nSPS) is 35.3. The van der Waals surface area contributed by atoms with Crippen molar-refractivity contribution in [3.05, 3.63) is 0 Å². The standard InChI is InChI=1S/C15H25NO3/c1-9(2)11-5-4-10(3)8-12(11)14(17)16-13-6-7-19-15(13)18/h9-13H,4-8H2,1-3H3,(H,16,17)/t10-,11+,12-,13?/m1/s1.